The van der Waals surface area contributed by atoms with E-state index in [0.717, 1.165) is 25.0 Å². The minimum atomic E-state index is -4.73. The summed E-state index contributed by atoms with van der Waals surface area (Å²) in [7, 11) is 3.25. The van der Waals surface area contributed by atoms with Crippen molar-refractivity contribution < 1.29 is 17.9 Å². The Morgan fingerprint density at radius 1 is 1.18 bits per heavy atom. The second-order valence-corrected chi connectivity index (χ2v) is 8.40. The molecule has 6 nitrogen and oxygen atoms in total. The fourth-order valence-corrected chi connectivity index (χ4v) is 4.03. The Kier molecular flexibility index (Phi) is 11.3. The van der Waals surface area contributed by atoms with E-state index in [2.05, 4.69) is 34.8 Å². The van der Waals surface area contributed by atoms with Crippen molar-refractivity contribution in [2.24, 2.45) is 0 Å². The second kappa shape index (κ2) is 14.2. The third kappa shape index (κ3) is 7.35. The lowest BCUT2D eigenvalue weighted by molar-refractivity contribution is -0.136. The molecular formula is C29H35F3N4O2. The Labute approximate surface area is 221 Å². The topological polar surface area (TPSA) is 59.4 Å². The largest absolute Gasteiger partial charge is 0.417 e. The van der Waals surface area contributed by atoms with Gasteiger partial charge in [-0.15, -0.1) is 6.58 Å². The molecule has 0 spiro atoms. The van der Waals surface area contributed by atoms with E-state index in [-0.39, 0.29) is 17.3 Å². The van der Waals surface area contributed by atoms with Crippen LogP contribution in [-0.2, 0) is 10.9 Å². The van der Waals surface area contributed by atoms with E-state index in [0.29, 0.717) is 30.9 Å². The van der Waals surface area contributed by atoms with E-state index in [4.69, 9.17) is 0 Å². The average Bonchev–Trinajstić information content (AvgIpc) is 3.41. The summed E-state index contributed by atoms with van der Waals surface area (Å²) in [4.78, 5) is 19.6. The smallest absolute Gasteiger partial charge is 0.388 e. The van der Waals surface area contributed by atoms with Gasteiger partial charge in [-0.1, -0.05) is 37.5 Å². The summed E-state index contributed by atoms with van der Waals surface area (Å²) < 4.78 is 48.5. The highest BCUT2D eigenvalue weighted by atomic mass is 19.4. The van der Waals surface area contributed by atoms with Crippen LogP contribution in [0.2, 0.25) is 0 Å². The van der Waals surface area contributed by atoms with Crippen LogP contribution in [-0.4, -0.2) is 36.9 Å². The first-order chi connectivity index (χ1) is 18.2. The van der Waals surface area contributed by atoms with Gasteiger partial charge >= 0.3 is 6.18 Å². The average molecular weight is 529 g/mol. The van der Waals surface area contributed by atoms with Gasteiger partial charge in [0.05, 0.1) is 10.9 Å². The van der Waals surface area contributed by atoms with Crippen molar-refractivity contribution >= 4 is 28.4 Å². The number of fused-ring (bicyclic) bond motifs is 1. The summed E-state index contributed by atoms with van der Waals surface area (Å²) >= 11 is 0. The lowest BCUT2D eigenvalue weighted by Gasteiger charge is -2.23. The number of hydrogen-bond acceptors (Lipinski definition) is 5. The molecule has 0 amide bonds. The van der Waals surface area contributed by atoms with Gasteiger partial charge in [0.2, 0.25) is 0 Å². The van der Waals surface area contributed by atoms with Gasteiger partial charge in [-0.2, -0.15) is 13.2 Å². The lowest BCUT2D eigenvalue weighted by atomic mass is 10.1. The molecule has 204 valence electrons. The van der Waals surface area contributed by atoms with Crippen LogP contribution < -0.4 is 15.6 Å². The molecule has 0 aliphatic carbocycles. The van der Waals surface area contributed by atoms with Crippen LogP contribution in [0.3, 0.4) is 0 Å². The number of hydrogen-bond donors (Lipinski definition) is 1. The molecule has 9 heteroatoms. The molecule has 38 heavy (non-hydrogen) atoms. The number of aromatic nitrogens is 2. The molecule has 2 aromatic heterocycles. The van der Waals surface area contributed by atoms with Crippen molar-refractivity contribution in [1.82, 2.24) is 9.55 Å². The Bertz CT molecular complexity index is 1300. The molecule has 3 heterocycles. The molecule has 0 saturated carbocycles. The van der Waals surface area contributed by atoms with Crippen LogP contribution in [0.4, 0.5) is 24.8 Å². The number of nitrogens with zero attached hydrogens (tertiary/aromatic N) is 3. The first-order valence-electron chi connectivity index (χ1n) is 12.2. The number of methoxy groups -OCH3 is 1. The highest BCUT2D eigenvalue weighted by Gasteiger charge is 2.36. The first kappa shape index (κ1) is 30.4. The van der Waals surface area contributed by atoms with Crippen LogP contribution >= 0.6 is 0 Å². The van der Waals surface area contributed by atoms with Gasteiger partial charge in [0.25, 0.3) is 0 Å². The Balaban J connectivity index is 0.00000161. The Hall–Kier alpha value is -3.85. The van der Waals surface area contributed by atoms with E-state index in [1.165, 1.54) is 10.6 Å². The number of alkyl halides is 3. The van der Waals surface area contributed by atoms with Crippen molar-refractivity contribution in [1.29, 1.82) is 0 Å². The predicted molar refractivity (Wildman–Crippen MR) is 151 cm³/mol. The van der Waals surface area contributed by atoms with Gasteiger partial charge in [-0.25, -0.2) is 4.98 Å². The normalized spacial score (nSPS) is 14.4. The van der Waals surface area contributed by atoms with Gasteiger partial charge in [0.1, 0.15) is 11.6 Å². The first-order valence-corrected chi connectivity index (χ1v) is 12.2. The van der Waals surface area contributed by atoms with Gasteiger partial charge in [0.15, 0.2) is 11.1 Å². The number of ether oxygens (including phenoxy) is 1. The molecule has 0 unspecified atom stereocenters. The lowest BCUT2D eigenvalue weighted by Crippen LogP contribution is -2.24. The molecule has 1 aliphatic rings. The highest BCUT2D eigenvalue weighted by molar-refractivity contribution is 5.88. The van der Waals surface area contributed by atoms with Gasteiger partial charge < -0.3 is 15.0 Å². The summed E-state index contributed by atoms with van der Waals surface area (Å²) in [5.74, 6) is 0.449. The number of pyridine rings is 2. The third-order valence-corrected chi connectivity index (χ3v) is 5.57. The van der Waals surface area contributed by atoms with E-state index >= 15 is 0 Å². The van der Waals surface area contributed by atoms with Crippen LogP contribution in [0.25, 0.3) is 16.7 Å². The fourth-order valence-electron chi connectivity index (χ4n) is 4.03. The van der Waals surface area contributed by atoms with Crippen molar-refractivity contribution in [2.75, 3.05) is 37.5 Å². The predicted octanol–water partition coefficient (Wildman–Crippen LogP) is 6.94. The van der Waals surface area contributed by atoms with Crippen molar-refractivity contribution in [3.63, 3.8) is 0 Å². The quantitative estimate of drug-likeness (QED) is 0.282. The van der Waals surface area contributed by atoms with E-state index in [9.17, 15) is 18.0 Å². The maximum absolute atomic E-state index is 14.2. The minimum Gasteiger partial charge on any atom is -0.388 e. The standard InChI is InChI=1S/C27H29F3N4O.C2H6O/c1-5-9-14-20(13-7-3)34-24(31-19(8-4)12-6-2)18-22(35)25-21(27(28,29)30)17-23(32-26(25)34)33-15-10-11-16-33;1-3-2/h5-8,12-14,17-18,31H,1-2,4,9-11,15-16H2,3H3;1-2H3/b13-7-,19-12+,20-14?;. The maximum Gasteiger partial charge on any atom is 0.417 e. The van der Waals surface area contributed by atoms with E-state index < -0.39 is 22.6 Å². The zero-order valence-electron chi connectivity index (χ0n) is 22.1. The monoisotopic (exact) mass is 528 g/mol. The van der Waals surface area contributed by atoms with E-state index in [1.807, 2.05) is 11.0 Å². The maximum atomic E-state index is 14.2. The molecule has 0 aromatic carbocycles. The van der Waals surface area contributed by atoms with Gasteiger partial charge in [-0.3, -0.25) is 9.36 Å². The number of halogens is 3. The van der Waals surface area contributed by atoms with Crippen LogP contribution in [0, 0.1) is 0 Å². The summed E-state index contributed by atoms with van der Waals surface area (Å²) in [5, 5.41) is 2.61. The summed E-state index contributed by atoms with van der Waals surface area (Å²) in [5.41, 5.74) is -0.794. The number of allylic oxidation sites excluding steroid dienone is 8. The molecule has 2 aromatic rings. The fraction of sp³-hybridized carbons (Fsp3) is 0.310. The number of rotatable bonds is 9. The zero-order valence-corrected chi connectivity index (χ0v) is 22.1. The molecule has 1 saturated heterocycles. The Morgan fingerprint density at radius 2 is 1.84 bits per heavy atom. The second-order valence-electron chi connectivity index (χ2n) is 8.40. The summed E-state index contributed by atoms with van der Waals surface area (Å²) in [6.45, 7) is 14.2. The molecule has 0 radical (unpaired) electrons. The third-order valence-electron chi connectivity index (χ3n) is 5.57. The molecular weight excluding hydrogens is 493 g/mol. The van der Waals surface area contributed by atoms with Gasteiger partial charge in [-0.05, 0) is 50.5 Å². The van der Waals surface area contributed by atoms with Crippen molar-refractivity contribution in [2.45, 2.75) is 32.4 Å². The molecule has 0 bridgehead atoms. The van der Waals surface area contributed by atoms with E-state index in [1.54, 1.807) is 51.5 Å². The van der Waals surface area contributed by atoms with Crippen molar-refractivity contribution in [3.05, 3.63) is 95.9 Å². The zero-order chi connectivity index (χ0) is 28.3. The molecule has 0 atom stereocenters. The summed E-state index contributed by atoms with van der Waals surface area (Å²) in [6, 6.07) is 2.14. The van der Waals surface area contributed by atoms with Crippen molar-refractivity contribution in [3.8, 4) is 0 Å². The van der Waals surface area contributed by atoms with Crippen LogP contribution in [0.5, 0.6) is 0 Å². The van der Waals surface area contributed by atoms with Crippen LogP contribution in [0.1, 0.15) is 31.7 Å². The highest BCUT2D eigenvalue weighted by Crippen LogP contribution is 2.37. The molecule has 1 fully saturated rings. The summed E-state index contributed by atoms with van der Waals surface area (Å²) in [6.07, 6.45) is 9.18. The molecule has 1 N–H and O–H groups in total. The Morgan fingerprint density at radius 3 is 2.37 bits per heavy atom. The van der Waals surface area contributed by atoms with Crippen LogP contribution in [0.15, 0.2) is 84.9 Å². The number of nitrogens with one attached hydrogen (secondary N) is 1. The molecule has 1 aliphatic heterocycles. The molecule has 3 rings (SSSR count). The van der Waals surface area contributed by atoms with Gasteiger partial charge in [0, 0.05) is 44.8 Å². The minimum absolute atomic E-state index is 0.0767. The number of anilines is 2. The SMILES string of the molecule is C=C/C=C(\C=C)Nc1cc(=O)c2c(C(F)(F)F)cc(N3CCCC3)nc2n1C(=CCC=C)/C=C\C.COC.